The molecule has 142 valence electrons. The quantitative estimate of drug-likeness (QED) is 0.772. The van der Waals surface area contributed by atoms with Crippen molar-refractivity contribution >= 4 is 5.97 Å². The van der Waals surface area contributed by atoms with Gasteiger partial charge in [-0.1, -0.05) is 13.3 Å². The first-order chi connectivity index (χ1) is 12.4. The molecule has 0 radical (unpaired) electrons. The number of hydrogen-bond acceptors (Lipinski definition) is 5. The van der Waals surface area contributed by atoms with E-state index in [-0.39, 0.29) is 29.3 Å². The van der Waals surface area contributed by atoms with E-state index in [1.807, 2.05) is 6.92 Å². The van der Waals surface area contributed by atoms with Gasteiger partial charge in [0, 0.05) is 11.3 Å². The summed E-state index contributed by atoms with van der Waals surface area (Å²) in [6.45, 7) is 4.31. The first-order valence-electron chi connectivity index (χ1n) is 9.94. The predicted molar refractivity (Wildman–Crippen MR) is 93.1 cm³/mol. The standard InChI is InChI=1S/C21H28O5/c1-11-12-5-6-14-20(2,18(22)24-3)8-4-9-21(14)15(12)17(26-19(21)23)16-13(11)7-10-25-16/h7,10-12,14-15,17,19,23H,4-6,8-9H2,1-3H3/t11-,12+,14+,15-,17-,19+,20-,21-/m1/s1. The molecule has 5 nitrogen and oxygen atoms in total. The Morgan fingerprint density at radius 1 is 1.35 bits per heavy atom. The molecule has 8 atom stereocenters. The first kappa shape index (κ1) is 16.8. The Morgan fingerprint density at radius 2 is 2.15 bits per heavy atom. The van der Waals surface area contributed by atoms with Crippen molar-refractivity contribution in [2.24, 2.45) is 28.6 Å². The fourth-order valence-corrected chi connectivity index (χ4v) is 7.38. The van der Waals surface area contributed by atoms with E-state index in [0.717, 1.165) is 37.9 Å². The zero-order valence-corrected chi connectivity index (χ0v) is 15.7. The second kappa shape index (κ2) is 5.35. The van der Waals surface area contributed by atoms with Crippen molar-refractivity contribution < 1.29 is 23.8 Å². The van der Waals surface area contributed by atoms with E-state index in [1.54, 1.807) is 6.26 Å². The molecule has 1 spiro atoms. The van der Waals surface area contributed by atoms with Crippen LogP contribution < -0.4 is 0 Å². The molecule has 1 aromatic heterocycles. The molecule has 1 saturated heterocycles. The van der Waals surface area contributed by atoms with Crippen LogP contribution in [-0.4, -0.2) is 24.5 Å². The molecule has 0 aromatic carbocycles. The highest BCUT2D eigenvalue weighted by atomic mass is 16.6. The number of carbonyl (C=O) groups is 1. The largest absolute Gasteiger partial charge is 0.469 e. The van der Waals surface area contributed by atoms with Crippen LogP contribution in [0.1, 0.15) is 69.3 Å². The fraction of sp³-hybridized carbons (Fsp3) is 0.762. The molecule has 5 heteroatoms. The molecular weight excluding hydrogens is 332 g/mol. The smallest absolute Gasteiger partial charge is 0.311 e. The van der Waals surface area contributed by atoms with Gasteiger partial charge < -0.3 is 19.0 Å². The summed E-state index contributed by atoms with van der Waals surface area (Å²) in [4.78, 5) is 12.7. The number of esters is 1. The monoisotopic (exact) mass is 360 g/mol. The molecule has 2 heterocycles. The van der Waals surface area contributed by atoms with Crippen LogP contribution in [0.2, 0.25) is 0 Å². The van der Waals surface area contributed by atoms with Gasteiger partial charge >= 0.3 is 5.97 Å². The van der Waals surface area contributed by atoms with Crippen LogP contribution >= 0.6 is 0 Å². The number of fused-ring (bicyclic) bond motifs is 2. The molecule has 2 saturated carbocycles. The SMILES string of the molecule is COC(=O)[C@]1(C)CCC[C@]23[C@@H]4[C@@H](CC[C@H]21)[C@@H](C)c1ccoc1[C@@H]4O[C@@H]3O. The van der Waals surface area contributed by atoms with Crippen molar-refractivity contribution in [2.45, 2.75) is 64.3 Å². The summed E-state index contributed by atoms with van der Waals surface area (Å²) < 4.78 is 17.2. The number of ether oxygens (including phenoxy) is 2. The summed E-state index contributed by atoms with van der Waals surface area (Å²) in [5, 5.41) is 11.2. The van der Waals surface area contributed by atoms with Gasteiger partial charge in [0.15, 0.2) is 6.29 Å². The minimum absolute atomic E-state index is 0.0844. The lowest BCUT2D eigenvalue weighted by Gasteiger charge is -2.59. The maximum Gasteiger partial charge on any atom is 0.311 e. The maximum absolute atomic E-state index is 12.7. The minimum atomic E-state index is -0.849. The van der Waals surface area contributed by atoms with Crippen molar-refractivity contribution in [1.82, 2.24) is 0 Å². The average molecular weight is 360 g/mol. The van der Waals surface area contributed by atoms with Gasteiger partial charge in [0.2, 0.25) is 0 Å². The highest BCUT2D eigenvalue weighted by Gasteiger charge is 2.71. The molecule has 1 N–H and O–H groups in total. The third-order valence-corrected chi connectivity index (χ3v) is 8.43. The molecule has 0 unspecified atom stereocenters. The van der Waals surface area contributed by atoms with E-state index >= 15 is 0 Å². The number of aliphatic hydroxyl groups is 1. The van der Waals surface area contributed by atoms with Gasteiger partial charge in [0.05, 0.1) is 18.8 Å². The number of methoxy groups -OCH3 is 1. The van der Waals surface area contributed by atoms with Gasteiger partial charge in [-0.25, -0.2) is 0 Å². The predicted octanol–water partition coefficient (Wildman–Crippen LogP) is 3.78. The Labute approximate surface area is 154 Å². The van der Waals surface area contributed by atoms with Gasteiger partial charge in [-0.3, -0.25) is 4.79 Å². The summed E-state index contributed by atoms with van der Waals surface area (Å²) in [5.41, 5.74) is 0.294. The highest BCUT2D eigenvalue weighted by molar-refractivity contribution is 5.77. The van der Waals surface area contributed by atoms with Gasteiger partial charge in [-0.05, 0) is 62.0 Å². The average Bonchev–Trinajstić information content (AvgIpc) is 3.23. The highest BCUT2D eigenvalue weighted by Crippen LogP contribution is 2.72. The Balaban J connectivity index is 1.66. The third kappa shape index (κ3) is 1.76. The van der Waals surface area contributed by atoms with Crippen molar-refractivity contribution in [1.29, 1.82) is 0 Å². The summed E-state index contributed by atoms with van der Waals surface area (Å²) in [7, 11) is 1.47. The Bertz CT molecular complexity index is 741. The minimum Gasteiger partial charge on any atom is -0.469 e. The summed E-state index contributed by atoms with van der Waals surface area (Å²) in [5.74, 6) is 1.88. The normalized spacial score (nSPS) is 49.1. The van der Waals surface area contributed by atoms with Gasteiger partial charge in [-0.15, -0.1) is 0 Å². The third-order valence-electron chi connectivity index (χ3n) is 8.43. The van der Waals surface area contributed by atoms with Crippen molar-refractivity contribution in [2.75, 3.05) is 7.11 Å². The lowest BCUT2D eigenvalue weighted by Crippen LogP contribution is -2.59. The lowest BCUT2D eigenvalue weighted by molar-refractivity contribution is -0.206. The number of furan rings is 1. The van der Waals surface area contributed by atoms with E-state index in [9.17, 15) is 9.90 Å². The van der Waals surface area contributed by atoms with Crippen LogP contribution in [0.4, 0.5) is 0 Å². The number of aliphatic hydroxyl groups excluding tert-OH is 1. The topological polar surface area (TPSA) is 68.9 Å². The Hall–Kier alpha value is -1.33. The van der Waals surface area contributed by atoms with Gasteiger partial charge in [-0.2, -0.15) is 0 Å². The summed E-state index contributed by atoms with van der Waals surface area (Å²) >= 11 is 0. The van der Waals surface area contributed by atoms with Gasteiger partial charge in [0.25, 0.3) is 0 Å². The molecule has 4 aliphatic rings. The summed E-state index contributed by atoms with van der Waals surface area (Å²) in [6, 6.07) is 2.06. The molecule has 1 aromatic rings. The first-order valence-corrected chi connectivity index (χ1v) is 9.94. The molecule has 5 rings (SSSR count). The second-order valence-corrected chi connectivity index (χ2v) is 9.13. The lowest BCUT2D eigenvalue weighted by atomic mass is 9.43. The zero-order chi connectivity index (χ0) is 18.3. The molecule has 0 amide bonds. The maximum atomic E-state index is 12.7. The Kier molecular flexibility index (Phi) is 3.46. The van der Waals surface area contributed by atoms with Crippen LogP contribution in [0, 0.1) is 28.6 Å². The van der Waals surface area contributed by atoms with Crippen LogP contribution in [0.15, 0.2) is 16.7 Å². The van der Waals surface area contributed by atoms with Crippen molar-refractivity contribution in [3.05, 3.63) is 23.7 Å². The second-order valence-electron chi connectivity index (χ2n) is 9.13. The van der Waals surface area contributed by atoms with E-state index in [0.29, 0.717) is 11.8 Å². The Morgan fingerprint density at radius 3 is 2.92 bits per heavy atom. The van der Waals surface area contributed by atoms with E-state index in [1.165, 1.54) is 12.7 Å². The molecule has 3 fully saturated rings. The fourth-order valence-electron chi connectivity index (χ4n) is 7.38. The molecule has 26 heavy (non-hydrogen) atoms. The van der Waals surface area contributed by atoms with Crippen molar-refractivity contribution in [3.63, 3.8) is 0 Å². The van der Waals surface area contributed by atoms with E-state index in [4.69, 9.17) is 13.9 Å². The summed E-state index contributed by atoms with van der Waals surface area (Å²) in [6.07, 6.45) is 5.35. The molecule has 3 aliphatic carbocycles. The molecule has 0 bridgehead atoms. The van der Waals surface area contributed by atoms with Gasteiger partial charge in [0.1, 0.15) is 11.9 Å². The zero-order valence-electron chi connectivity index (χ0n) is 15.7. The number of hydrogen-bond donors (Lipinski definition) is 1. The van der Waals surface area contributed by atoms with Crippen LogP contribution in [0.3, 0.4) is 0 Å². The van der Waals surface area contributed by atoms with Crippen LogP contribution in [-0.2, 0) is 14.3 Å². The number of rotatable bonds is 1. The van der Waals surface area contributed by atoms with Crippen molar-refractivity contribution in [3.8, 4) is 0 Å². The molecule has 1 aliphatic heterocycles. The van der Waals surface area contributed by atoms with E-state index < -0.39 is 11.7 Å². The number of carbonyl (C=O) groups excluding carboxylic acids is 1. The van der Waals surface area contributed by atoms with Crippen LogP contribution in [0.25, 0.3) is 0 Å². The molecular formula is C21H28O5. The van der Waals surface area contributed by atoms with E-state index in [2.05, 4.69) is 13.0 Å². The van der Waals surface area contributed by atoms with Crippen LogP contribution in [0.5, 0.6) is 0 Å².